The molecule has 0 saturated carbocycles. The maximum Gasteiger partial charge on any atom is 0.267 e. The molecular weight excluding hydrogens is 330 g/mol. The van der Waals surface area contributed by atoms with Gasteiger partial charge in [0.1, 0.15) is 5.71 Å². The SMILES string of the molecule is Cc1nc(CN2CC[C@@H](NC(=O)C3=NNC(=O)CC3)[C@H](O)C2)cs1. The summed E-state index contributed by atoms with van der Waals surface area (Å²) in [7, 11) is 0. The molecule has 1 aromatic rings. The van der Waals surface area contributed by atoms with Gasteiger partial charge in [-0.1, -0.05) is 0 Å². The number of piperidine rings is 1. The average molecular weight is 351 g/mol. The first-order chi connectivity index (χ1) is 11.5. The number of aromatic nitrogens is 1. The smallest absolute Gasteiger partial charge is 0.267 e. The summed E-state index contributed by atoms with van der Waals surface area (Å²) in [6.07, 6.45) is 0.618. The van der Waals surface area contributed by atoms with Gasteiger partial charge in [0.25, 0.3) is 5.91 Å². The lowest BCUT2D eigenvalue weighted by Crippen LogP contribution is -2.55. The number of aliphatic hydroxyl groups is 1. The number of likely N-dealkylation sites (tertiary alicyclic amines) is 1. The van der Waals surface area contributed by atoms with E-state index < -0.39 is 6.10 Å². The minimum atomic E-state index is -0.638. The van der Waals surface area contributed by atoms with E-state index in [0.717, 1.165) is 17.2 Å². The first-order valence-corrected chi connectivity index (χ1v) is 8.87. The number of nitrogens with one attached hydrogen (secondary N) is 2. The number of carbonyl (C=O) groups is 2. The molecule has 1 aromatic heterocycles. The van der Waals surface area contributed by atoms with Crippen LogP contribution in [-0.2, 0) is 16.1 Å². The van der Waals surface area contributed by atoms with Crippen molar-refractivity contribution in [1.82, 2.24) is 20.6 Å². The van der Waals surface area contributed by atoms with Gasteiger partial charge in [-0.25, -0.2) is 10.4 Å². The molecule has 0 unspecified atom stereocenters. The van der Waals surface area contributed by atoms with E-state index in [0.29, 0.717) is 31.6 Å². The number of amides is 2. The number of carbonyl (C=O) groups excluding carboxylic acids is 2. The number of hydrazone groups is 1. The van der Waals surface area contributed by atoms with Gasteiger partial charge >= 0.3 is 0 Å². The van der Waals surface area contributed by atoms with Gasteiger partial charge in [0.15, 0.2) is 0 Å². The number of β-amino-alcohol motifs (C(OH)–C–C–N with tert-alkyl or cyclic N) is 1. The molecule has 3 heterocycles. The highest BCUT2D eigenvalue weighted by Gasteiger charge is 2.30. The second kappa shape index (κ2) is 7.37. The standard InChI is InChI=1S/C15H21N5O3S/c1-9-16-10(8-24-9)6-20-5-4-11(13(21)7-20)17-15(23)12-2-3-14(22)19-18-12/h8,11,13,21H,2-7H2,1H3,(H,17,23)(H,19,22)/t11-,13-/m1/s1. The maximum atomic E-state index is 12.2. The Bertz CT molecular complexity index is 659. The number of rotatable bonds is 4. The van der Waals surface area contributed by atoms with Crippen LogP contribution in [0.15, 0.2) is 10.5 Å². The van der Waals surface area contributed by atoms with E-state index in [-0.39, 0.29) is 24.3 Å². The second-order valence-corrected chi connectivity index (χ2v) is 7.18. The van der Waals surface area contributed by atoms with Gasteiger partial charge in [0.2, 0.25) is 5.91 Å². The molecule has 1 saturated heterocycles. The van der Waals surface area contributed by atoms with Crippen LogP contribution in [0.5, 0.6) is 0 Å². The first-order valence-electron chi connectivity index (χ1n) is 7.99. The summed E-state index contributed by atoms with van der Waals surface area (Å²) in [5.74, 6) is -0.500. The number of aliphatic hydroxyl groups excluding tert-OH is 1. The van der Waals surface area contributed by atoms with E-state index >= 15 is 0 Å². The van der Waals surface area contributed by atoms with Gasteiger partial charge in [-0.2, -0.15) is 5.10 Å². The Morgan fingerprint density at radius 1 is 1.54 bits per heavy atom. The largest absolute Gasteiger partial charge is 0.390 e. The molecule has 9 heteroatoms. The molecule has 130 valence electrons. The Kier molecular flexibility index (Phi) is 5.22. The number of thiazole rings is 1. The molecule has 0 bridgehead atoms. The zero-order valence-electron chi connectivity index (χ0n) is 13.5. The van der Waals surface area contributed by atoms with Crippen molar-refractivity contribution in [2.24, 2.45) is 5.10 Å². The predicted molar refractivity (Wildman–Crippen MR) is 89.5 cm³/mol. The van der Waals surface area contributed by atoms with Crippen LogP contribution in [0.3, 0.4) is 0 Å². The summed E-state index contributed by atoms with van der Waals surface area (Å²) in [5, 5.41) is 20.0. The fourth-order valence-corrected chi connectivity index (χ4v) is 3.51. The van der Waals surface area contributed by atoms with E-state index in [1.165, 1.54) is 0 Å². The topological polar surface area (TPSA) is 107 Å². The number of hydrogen-bond acceptors (Lipinski definition) is 7. The Morgan fingerprint density at radius 3 is 3.00 bits per heavy atom. The van der Waals surface area contributed by atoms with E-state index in [1.807, 2.05) is 12.3 Å². The molecule has 0 spiro atoms. The third kappa shape index (κ3) is 4.16. The van der Waals surface area contributed by atoms with E-state index in [1.54, 1.807) is 11.3 Å². The van der Waals surface area contributed by atoms with E-state index in [2.05, 4.69) is 25.7 Å². The highest BCUT2D eigenvalue weighted by atomic mass is 32.1. The zero-order chi connectivity index (χ0) is 17.1. The number of hydrogen-bond donors (Lipinski definition) is 3. The monoisotopic (exact) mass is 351 g/mol. The molecular formula is C15H21N5O3S. The minimum Gasteiger partial charge on any atom is -0.390 e. The van der Waals surface area contributed by atoms with Crippen LogP contribution in [0.2, 0.25) is 0 Å². The van der Waals surface area contributed by atoms with Gasteiger partial charge < -0.3 is 10.4 Å². The lowest BCUT2D eigenvalue weighted by molar-refractivity contribution is -0.121. The minimum absolute atomic E-state index is 0.183. The predicted octanol–water partition coefficient (Wildman–Crippen LogP) is -0.231. The van der Waals surface area contributed by atoms with Crippen LogP contribution in [0.4, 0.5) is 0 Å². The van der Waals surface area contributed by atoms with Crippen LogP contribution >= 0.6 is 11.3 Å². The normalized spacial score (nSPS) is 25.1. The van der Waals surface area contributed by atoms with Crippen LogP contribution in [0.1, 0.15) is 30.0 Å². The van der Waals surface area contributed by atoms with Gasteiger partial charge in [0, 0.05) is 37.9 Å². The van der Waals surface area contributed by atoms with Crippen molar-refractivity contribution in [3.63, 3.8) is 0 Å². The first kappa shape index (κ1) is 17.0. The highest BCUT2D eigenvalue weighted by Crippen LogP contribution is 2.16. The van der Waals surface area contributed by atoms with Crippen molar-refractivity contribution in [2.45, 2.75) is 44.9 Å². The van der Waals surface area contributed by atoms with Crippen molar-refractivity contribution in [1.29, 1.82) is 0 Å². The molecule has 3 rings (SSSR count). The Balaban J connectivity index is 1.50. The fourth-order valence-electron chi connectivity index (χ4n) is 2.91. The van der Waals surface area contributed by atoms with E-state index in [9.17, 15) is 14.7 Å². The lowest BCUT2D eigenvalue weighted by Gasteiger charge is -2.36. The van der Waals surface area contributed by atoms with Crippen molar-refractivity contribution >= 4 is 28.9 Å². The number of nitrogens with zero attached hydrogens (tertiary/aromatic N) is 3. The second-order valence-electron chi connectivity index (χ2n) is 6.12. The molecule has 0 aliphatic carbocycles. The number of aryl methyl sites for hydroxylation is 1. The summed E-state index contributed by atoms with van der Waals surface area (Å²) < 4.78 is 0. The van der Waals surface area contributed by atoms with Crippen LogP contribution in [0, 0.1) is 6.92 Å². The van der Waals surface area contributed by atoms with Gasteiger partial charge in [0.05, 0.1) is 22.8 Å². The molecule has 1 fully saturated rings. The Morgan fingerprint density at radius 2 is 2.38 bits per heavy atom. The van der Waals surface area contributed by atoms with Crippen molar-refractivity contribution in [2.75, 3.05) is 13.1 Å². The summed E-state index contributed by atoms with van der Waals surface area (Å²) in [6, 6.07) is -0.300. The van der Waals surface area contributed by atoms with Crippen LogP contribution in [-0.4, -0.2) is 57.8 Å². The van der Waals surface area contributed by atoms with Crippen LogP contribution < -0.4 is 10.7 Å². The Labute approximate surface area is 144 Å². The highest BCUT2D eigenvalue weighted by molar-refractivity contribution is 7.09. The Hall–Kier alpha value is -1.84. The van der Waals surface area contributed by atoms with Gasteiger partial charge in [-0.05, 0) is 13.3 Å². The summed E-state index contributed by atoms with van der Waals surface area (Å²) in [4.78, 5) is 29.8. The summed E-state index contributed by atoms with van der Waals surface area (Å²) >= 11 is 1.62. The average Bonchev–Trinajstić information content (AvgIpc) is 2.95. The van der Waals surface area contributed by atoms with Gasteiger partial charge in [-0.15, -0.1) is 11.3 Å². The molecule has 0 aromatic carbocycles. The summed E-state index contributed by atoms with van der Waals surface area (Å²) in [5.41, 5.74) is 3.63. The van der Waals surface area contributed by atoms with Crippen molar-refractivity contribution in [3.05, 3.63) is 16.1 Å². The third-order valence-electron chi connectivity index (χ3n) is 4.20. The summed E-state index contributed by atoms with van der Waals surface area (Å²) in [6.45, 7) is 3.95. The quantitative estimate of drug-likeness (QED) is 0.695. The van der Waals surface area contributed by atoms with E-state index in [4.69, 9.17) is 0 Å². The van der Waals surface area contributed by atoms with Gasteiger partial charge in [-0.3, -0.25) is 14.5 Å². The molecule has 2 atom stereocenters. The molecule has 2 aliphatic heterocycles. The molecule has 2 amide bonds. The third-order valence-corrected chi connectivity index (χ3v) is 5.02. The molecule has 3 N–H and O–H groups in total. The van der Waals surface area contributed by atoms with Crippen molar-refractivity contribution < 1.29 is 14.7 Å². The lowest BCUT2D eigenvalue weighted by atomic mass is 10.0. The fraction of sp³-hybridized carbons (Fsp3) is 0.600. The molecule has 2 aliphatic rings. The molecule has 24 heavy (non-hydrogen) atoms. The molecule has 0 radical (unpaired) electrons. The maximum absolute atomic E-state index is 12.2. The zero-order valence-corrected chi connectivity index (χ0v) is 14.3. The van der Waals surface area contributed by atoms with Crippen molar-refractivity contribution in [3.8, 4) is 0 Å². The van der Waals surface area contributed by atoms with Crippen LogP contribution in [0.25, 0.3) is 0 Å². The molecule has 8 nitrogen and oxygen atoms in total.